The summed E-state index contributed by atoms with van der Waals surface area (Å²) in [5.74, 6) is 0.794. The molecule has 0 bridgehead atoms. The van der Waals surface area contributed by atoms with E-state index in [2.05, 4.69) is 32.7 Å². The van der Waals surface area contributed by atoms with Gasteiger partial charge >= 0.3 is 0 Å². The van der Waals surface area contributed by atoms with Gasteiger partial charge in [-0.3, -0.25) is 0 Å². The molecule has 1 heterocycles. The van der Waals surface area contributed by atoms with Crippen LogP contribution in [0.5, 0.6) is 0 Å². The molecule has 2 N–H and O–H groups in total. The zero-order valence-corrected chi connectivity index (χ0v) is 10.3. The van der Waals surface area contributed by atoms with Gasteiger partial charge in [-0.1, -0.05) is 11.6 Å². The molecule has 0 saturated carbocycles. The number of pyridine rings is 1. The third-order valence-electron chi connectivity index (χ3n) is 1.87. The Balaban J connectivity index is 2.92. The fourth-order valence-corrected chi connectivity index (χ4v) is 1.96. The molecule has 0 amide bonds. The van der Waals surface area contributed by atoms with Crippen molar-refractivity contribution in [3.05, 3.63) is 21.8 Å². The normalized spacial score (nSPS) is 10.3. The highest BCUT2D eigenvalue weighted by atomic mass is 79.9. The Hall–Kier alpha value is -0.320. The van der Waals surface area contributed by atoms with Crippen molar-refractivity contribution in [2.75, 3.05) is 24.5 Å². The number of halogens is 2. The van der Waals surface area contributed by atoms with Crippen LogP contribution in [0.25, 0.3) is 0 Å². The second kappa shape index (κ2) is 5.53. The van der Waals surface area contributed by atoms with Gasteiger partial charge in [-0.2, -0.15) is 0 Å². The average molecular weight is 279 g/mol. The highest BCUT2D eigenvalue weighted by Crippen LogP contribution is 2.25. The number of likely N-dealkylation sites (N-methyl/N-ethyl adjacent to an activating group) is 1. The predicted molar refractivity (Wildman–Crippen MR) is 63.9 cm³/mol. The molecule has 0 fully saturated rings. The molecule has 0 atom stereocenters. The van der Waals surface area contributed by atoms with Crippen LogP contribution in [0.1, 0.15) is 6.92 Å². The van der Waals surface area contributed by atoms with Crippen LogP contribution in [-0.2, 0) is 0 Å². The predicted octanol–water partition coefficient (Wildman–Crippen LogP) is 2.28. The molecule has 78 valence electrons. The van der Waals surface area contributed by atoms with Crippen LogP contribution in [0.2, 0.25) is 5.02 Å². The molecule has 1 aromatic rings. The fourth-order valence-electron chi connectivity index (χ4n) is 1.21. The third kappa shape index (κ3) is 2.83. The number of aromatic nitrogens is 1. The first-order valence-electron chi connectivity index (χ1n) is 4.45. The Labute approximate surface area is 97.4 Å². The van der Waals surface area contributed by atoms with Gasteiger partial charge in [0.15, 0.2) is 0 Å². The van der Waals surface area contributed by atoms with Crippen molar-refractivity contribution >= 4 is 33.3 Å². The second-order valence-corrected chi connectivity index (χ2v) is 4.15. The van der Waals surface area contributed by atoms with Gasteiger partial charge in [0.05, 0.1) is 5.02 Å². The number of rotatable bonds is 4. The van der Waals surface area contributed by atoms with E-state index in [9.17, 15) is 0 Å². The van der Waals surface area contributed by atoms with Gasteiger partial charge in [-0.15, -0.1) is 0 Å². The average Bonchev–Trinajstić information content (AvgIpc) is 2.15. The highest BCUT2D eigenvalue weighted by Gasteiger charge is 2.09. The van der Waals surface area contributed by atoms with E-state index in [1.54, 1.807) is 6.20 Å². The van der Waals surface area contributed by atoms with Crippen molar-refractivity contribution in [3.63, 3.8) is 0 Å². The number of hydrogen-bond acceptors (Lipinski definition) is 3. The summed E-state index contributed by atoms with van der Waals surface area (Å²) in [6.07, 6.45) is 1.74. The topological polar surface area (TPSA) is 42.1 Å². The standard InChI is InChI=1S/C9H13BrClN3/c1-2-14(4-3-12)9-8(11)5-7(10)6-13-9/h5-6H,2-4,12H2,1H3. The van der Waals surface area contributed by atoms with Crippen LogP contribution in [-0.4, -0.2) is 24.6 Å². The fraction of sp³-hybridized carbons (Fsp3) is 0.444. The van der Waals surface area contributed by atoms with E-state index in [0.717, 1.165) is 23.4 Å². The summed E-state index contributed by atoms with van der Waals surface area (Å²) in [6.45, 7) is 4.27. The van der Waals surface area contributed by atoms with Crippen LogP contribution in [0, 0.1) is 0 Å². The minimum absolute atomic E-state index is 0.599. The van der Waals surface area contributed by atoms with Gasteiger partial charge in [0.25, 0.3) is 0 Å². The van der Waals surface area contributed by atoms with Gasteiger partial charge in [0, 0.05) is 30.3 Å². The molecule has 0 aliphatic carbocycles. The maximum Gasteiger partial charge on any atom is 0.147 e. The zero-order valence-electron chi connectivity index (χ0n) is 8.00. The number of nitrogens with two attached hydrogens (primary N) is 1. The third-order valence-corrected chi connectivity index (χ3v) is 2.58. The SMILES string of the molecule is CCN(CCN)c1ncc(Br)cc1Cl. The molecule has 14 heavy (non-hydrogen) atoms. The molecule has 3 nitrogen and oxygen atoms in total. The summed E-state index contributed by atoms with van der Waals surface area (Å²) >= 11 is 9.38. The van der Waals surface area contributed by atoms with E-state index in [0.29, 0.717) is 11.6 Å². The first kappa shape index (κ1) is 11.8. The van der Waals surface area contributed by atoms with Crippen LogP contribution in [0.3, 0.4) is 0 Å². The first-order chi connectivity index (χ1) is 6.69. The van der Waals surface area contributed by atoms with Crippen LogP contribution < -0.4 is 10.6 Å². The van der Waals surface area contributed by atoms with Crippen LogP contribution in [0.4, 0.5) is 5.82 Å². The van der Waals surface area contributed by atoms with E-state index < -0.39 is 0 Å². The molecule has 0 aliphatic heterocycles. The lowest BCUT2D eigenvalue weighted by atomic mass is 10.4. The van der Waals surface area contributed by atoms with Crippen molar-refractivity contribution in [1.82, 2.24) is 4.98 Å². The van der Waals surface area contributed by atoms with Gasteiger partial charge in [0.1, 0.15) is 5.82 Å². The summed E-state index contributed by atoms with van der Waals surface area (Å²) in [4.78, 5) is 6.31. The quantitative estimate of drug-likeness (QED) is 0.919. The molecule has 5 heteroatoms. The monoisotopic (exact) mass is 277 g/mol. The van der Waals surface area contributed by atoms with E-state index in [1.165, 1.54) is 0 Å². The zero-order chi connectivity index (χ0) is 10.6. The summed E-state index contributed by atoms with van der Waals surface area (Å²) < 4.78 is 0.884. The Morgan fingerprint density at radius 2 is 2.36 bits per heavy atom. The molecule has 1 rings (SSSR count). The summed E-state index contributed by atoms with van der Waals surface area (Å²) in [5.41, 5.74) is 5.50. The van der Waals surface area contributed by atoms with Crippen molar-refractivity contribution < 1.29 is 0 Å². The van der Waals surface area contributed by atoms with Gasteiger partial charge in [0.2, 0.25) is 0 Å². The summed E-state index contributed by atoms with van der Waals surface area (Å²) in [6, 6.07) is 1.84. The maximum atomic E-state index is 6.06. The van der Waals surface area contributed by atoms with E-state index in [-0.39, 0.29) is 0 Å². The molecular formula is C9H13BrClN3. The van der Waals surface area contributed by atoms with Gasteiger partial charge in [-0.05, 0) is 28.9 Å². The first-order valence-corrected chi connectivity index (χ1v) is 5.62. The second-order valence-electron chi connectivity index (χ2n) is 2.83. The molecule has 0 radical (unpaired) electrons. The molecule has 0 aromatic carbocycles. The summed E-state index contributed by atoms with van der Waals surface area (Å²) in [5, 5.41) is 0.648. The highest BCUT2D eigenvalue weighted by molar-refractivity contribution is 9.10. The molecule has 0 saturated heterocycles. The lowest BCUT2D eigenvalue weighted by Gasteiger charge is -2.21. The number of anilines is 1. The summed E-state index contributed by atoms with van der Waals surface area (Å²) in [7, 11) is 0. The van der Waals surface area contributed by atoms with Crippen molar-refractivity contribution in [2.24, 2.45) is 5.73 Å². The number of nitrogens with zero attached hydrogens (tertiary/aromatic N) is 2. The van der Waals surface area contributed by atoms with E-state index in [1.807, 2.05) is 6.07 Å². The van der Waals surface area contributed by atoms with Gasteiger partial charge < -0.3 is 10.6 Å². The Kier molecular flexibility index (Phi) is 4.65. The molecule has 0 spiro atoms. The largest absolute Gasteiger partial charge is 0.354 e. The Bertz CT molecular complexity index is 306. The lowest BCUT2D eigenvalue weighted by Crippen LogP contribution is -2.30. The Morgan fingerprint density at radius 1 is 1.64 bits per heavy atom. The van der Waals surface area contributed by atoms with Crippen molar-refractivity contribution in [1.29, 1.82) is 0 Å². The van der Waals surface area contributed by atoms with Crippen molar-refractivity contribution in [2.45, 2.75) is 6.92 Å². The van der Waals surface area contributed by atoms with Crippen LogP contribution in [0.15, 0.2) is 16.7 Å². The van der Waals surface area contributed by atoms with Gasteiger partial charge in [-0.25, -0.2) is 4.98 Å². The molecule has 0 aliphatic rings. The minimum atomic E-state index is 0.599. The molecular weight excluding hydrogens is 265 g/mol. The lowest BCUT2D eigenvalue weighted by molar-refractivity contribution is 0.802. The minimum Gasteiger partial charge on any atom is -0.354 e. The number of hydrogen-bond donors (Lipinski definition) is 1. The van der Waals surface area contributed by atoms with Crippen molar-refractivity contribution in [3.8, 4) is 0 Å². The smallest absolute Gasteiger partial charge is 0.147 e. The Morgan fingerprint density at radius 3 is 2.86 bits per heavy atom. The van der Waals surface area contributed by atoms with E-state index in [4.69, 9.17) is 17.3 Å². The van der Waals surface area contributed by atoms with E-state index >= 15 is 0 Å². The molecule has 1 aromatic heterocycles. The van der Waals surface area contributed by atoms with Crippen LogP contribution >= 0.6 is 27.5 Å². The maximum absolute atomic E-state index is 6.06. The molecule has 0 unspecified atom stereocenters.